The predicted octanol–water partition coefficient (Wildman–Crippen LogP) is 4.23. The molecule has 5 nitrogen and oxygen atoms in total. The molecule has 3 aromatic rings. The Labute approximate surface area is 176 Å². The van der Waals surface area contributed by atoms with Crippen molar-refractivity contribution in [1.29, 1.82) is 0 Å². The van der Waals surface area contributed by atoms with Crippen molar-refractivity contribution in [2.45, 2.75) is 6.92 Å². The maximum absolute atomic E-state index is 12.4. The van der Waals surface area contributed by atoms with Gasteiger partial charge < -0.3 is 15.4 Å². The maximum atomic E-state index is 12.4. The van der Waals surface area contributed by atoms with E-state index in [0.717, 1.165) is 22.4 Å². The molecular formula is C25H22N2O3. The lowest BCUT2D eigenvalue weighted by molar-refractivity contribution is -0.114. The highest BCUT2D eigenvalue weighted by molar-refractivity contribution is 5.97. The fraction of sp³-hybridized carbons (Fsp3) is 0.120. The average molecular weight is 398 g/mol. The summed E-state index contributed by atoms with van der Waals surface area (Å²) in [5, 5.41) is 5.92. The molecule has 0 heterocycles. The number of hydrogen-bond acceptors (Lipinski definition) is 4. The van der Waals surface area contributed by atoms with Gasteiger partial charge in [-0.1, -0.05) is 42.2 Å². The van der Waals surface area contributed by atoms with Gasteiger partial charge in [-0.15, -0.1) is 0 Å². The van der Waals surface area contributed by atoms with Crippen molar-refractivity contribution in [3.05, 3.63) is 95.1 Å². The molecule has 0 saturated carbocycles. The Morgan fingerprint density at radius 1 is 0.900 bits per heavy atom. The summed E-state index contributed by atoms with van der Waals surface area (Å²) in [6, 6.07) is 22.4. The van der Waals surface area contributed by atoms with E-state index in [1.54, 1.807) is 18.2 Å². The van der Waals surface area contributed by atoms with E-state index in [-0.39, 0.29) is 12.5 Å². The summed E-state index contributed by atoms with van der Waals surface area (Å²) >= 11 is 0. The van der Waals surface area contributed by atoms with Gasteiger partial charge in [-0.2, -0.15) is 0 Å². The zero-order valence-electron chi connectivity index (χ0n) is 16.9. The highest BCUT2D eigenvalue weighted by Gasteiger charge is 2.10. The van der Waals surface area contributed by atoms with Gasteiger partial charge in [0, 0.05) is 22.5 Å². The number of carbonyl (C=O) groups excluding carboxylic acids is 2. The second-order valence-electron chi connectivity index (χ2n) is 6.62. The van der Waals surface area contributed by atoms with Crippen LogP contribution in [0.25, 0.3) is 0 Å². The number of ether oxygens (including phenoxy) is 1. The van der Waals surface area contributed by atoms with Gasteiger partial charge in [0.1, 0.15) is 0 Å². The standard InChI is InChI=1S/C25H22N2O3/c1-18-11-14-21(25(29)30-2)16-23(18)27-24(28)17-26-22-10-6-9-20(15-22)13-12-19-7-4-3-5-8-19/h3-11,14-16,26H,17H2,1-2H3,(H,27,28). The number of aryl methyl sites for hydroxylation is 1. The van der Waals surface area contributed by atoms with Crippen LogP contribution in [-0.4, -0.2) is 25.5 Å². The lowest BCUT2D eigenvalue weighted by atomic mass is 10.1. The Hall–Kier alpha value is -4.04. The number of carbonyl (C=O) groups is 2. The van der Waals surface area contributed by atoms with Crippen LogP contribution in [0.1, 0.15) is 27.0 Å². The molecule has 0 aliphatic carbocycles. The molecule has 3 rings (SSSR count). The Kier molecular flexibility index (Phi) is 6.86. The highest BCUT2D eigenvalue weighted by Crippen LogP contribution is 2.18. The van der Waals surface area contributed by atoms with Crippen LogP contribution in [0.3, 0.4) is 0 Å². The van der Waals surface area contributed by atoms with E-state index >= 15 is 0 Å². The van der Waals surface area contributed by atoms with E-state index in [1.165, 1.54) is 7.11 Å². The molecule has 0 unspecified atom stereocenters. The van der Waals surface area contributed by atoms with E-state index < -0.39 is 5.97 Å². The lowest BCUT2D eigenvalue weighted by Crippen LogP contribution is -2.22. The number of rotatable bonds is 5. The van der Waals surface area contributed by atoms with Crippen LogP contribution in [0.2, 0.25) is 0 Å². The van der Waals surface area contributed by atoms with Gasteiger partial charge in [-0.3, -0.25) is 4.79 Å². The van der Waals surface area contributed by atoms with Gasteiger partial charge >= 0.3 is 5.97 Å². The molecule has 2 N–H and O–H groups in total. The van der Waals surface area contributed by atoms with Crippen molar-refractivity contribution in [3.8, 4) is 11.8 Å². The minimum absolute atomic E-state index is 0.0808. The van der Waals surface area contributed by atoms with Crippen LogP contribution >= 0.6 is 0 Å². The summed E-state index contributed by atoms with van der Waals surface area (Å²) in [5.74, 6) is 5.57. The fourth-order valence-electron chi connectivity index (χ4n) is 2.75. The predicted molar refractivity (Wildman–Crippen MR) is 119 cm³/mol. The summed E-state index contributed by atoms with van der Waals surface area (Å²) < 4.78 is 4.73. The van der Waals surface area contributed by atoms with Crippen LogP contribution < -0.4 is 10.6 Å². The monoisotopic (exact) mass is 398 g/mol. The van der Waals surface area contributed by atoms with Crippen molar-refractivity contribution in [1.82, 2.24) is 0 Å². The zero-order chi connectivity index (χ0) is 21.3. The van der Waals surface area contributed by atoms with E-state index in [9.17, 15) is 9.59 Å². The first-order chi connectivity index (χ1) is 14.5. The number of methoxy groups -OCH3 is 1. The number of hydrogen-bond donors (Lipinski definition) is 2. The quantitative estimate of drug-likeness (QED) is 0.499. The van der Waals surface area contributed by atoms with E-state index in [2.05, 4.69) is 22.5 Å². The van der Waals surface area contributed by atoms with E-state index in [1.807, 2.05) is 61.5 Å². The van der Waals surface area contributed by atoms with E-state index in [4.69, 9.17) is 4.74 Å². The van der Waals surface area contributed by atoms with Crippen molar-refractivity contribution in [2.24, 2.45) is 0 Å². The maximum Gasteiger partial charge on any atom is 0.337 e. The molecule has 0 spiro atoms. The van der Waals surface area contributed by atoms with Gasteiger partial charge in [0.15, 0.2) is 0 Å². The molecule has 0 bridgehead atoms. The Morgan fingerprint density at radius 3 is 2.40 bits per heavy atom. The average Bonchev–Trinajstić information content (AvgIpc) is 2.78. The van der Waals surface area contributed by atoms with Crippen molar-refractivity contribution in [2.75, 3.05) is 24.3 Å². The minimum Gasteiger partial charge on any atom is -0.465 e. The third-order valence-corrected chi connectivity index (χ3v) is 4.37. The molecule has 0 saturated heterocycles. The van der Waals surface area contributed by atoms with Gasteiger partial charge in [0.05, 0.1) is 19.2 Å². The fourth-order valence-corrected chi connectivity index (χ4v) is 2.75. The summed E-state index contributed by atoms with van der Waals surface area (Å²) in [5.41, 5.74) is 4.41. The van der Waals surface area contributed by atoms with Crippen molar-refractivity contribution < 1.29 is 14.3 Å². The van der Waals surface area contributed by atoms with Crippen LogP contribution in [0, 0.1) is 18.8 Å². The molecule has 0 aliphatic rings. The number of esters is 1. The van der Waals surface area contributed by atoms with Gasteiger partial charge in [-0.05, 0) is 55.0 Å². The third-order valence-electron chi connectivity index (χ3n) is 4.37. The molecule has 0 aliphatic heterocycles. The van der Waals surface area contributed by atoms with Crippen LogP contribution in [0.4, 0.5) is 11.4 Å². The van der Waals surface area contributed by atoms with Gasteiger partial charge in [-0.25, -0.2) is 4.79 Å². The molecule has 150 valence electrons. The molecule has 0 aromatic heterocycles. The summed E-state index contributed by atoms with van der Waals surface area (Å²) in [6.07, 6.45) is 0. The minimum atomic E-state index is -0.447. The molecule has 0 radical (unpaired) electrons. The summed E-state index contributed by atoms with van der Waals surface area (Å²) in [7, 11) is 1.32. The van der Waals surface area contributed by atoms with E-state index in [0.29, 0.717) is 11.3 Å². The zero-order valence-corrected chi connectivity index (χ0v) is 16.9. The molecule has 5 heteroatoms. The van der Waals surface area contributed by atoms with Crippen molar-refractivity contribution >= 4 is 23.3 Å². The van der Waals surface area contributed by atoms with Crippen molar-refractivity contribution in [3.63, 3.8) is 0 Å². The topological polar surface area (TPSA) is 67.4 Å². The Balaban J connectivity index is 1.62. The second-order valence-corrected chi connectivity index (χ2v) is 6.62. The Morgan fingerprint density at radius 2 is 1.63 bits per heavy atom. The van der Waals surface area contributed by atoms with Crippen LogP contribution in [-0.2, 0) is 9.53 Å². The molecular weight excluding hydrogens is 376 g/mol. The number of anilines is 2. The summed E-state index contributed by atoms with van der Waals surface area (Å²) in [4.78, 5) is 24.1. The Bertz CT molecular complexity index is 1110. The molecule has 30 heavy (non-hydrogen) atoms. The number of nitrogens with one attached hydrogen (secondary N) is 2. The number of benzene rings is 3. The van der Waals surface area contributed by atoms with Gasteiger partial charge in [0.2, 0.25) is 5.91 Å². The third kappa shape index (κ3) is 5.73. The van der Waals surface area contributed by atoms with Crippen LogP contribution in [0.5, 0.6) is 0 Å². The number of amides is 1. The highest BCUT2D eigenvalue weighted by atomic mass is 16.5. The molecule has 3 aromatic carbocycles. The summed E-state index contributed by atoms with van der Waals surface area (Å²) in [6.45, 7) is 1.94. The SMILES string of the molecule is COC(=O)c1ccc(C)c(NC(=O)CNc2cccc(C#Cc3ccccc3)c2)c1. The van der Waals surface area contributed by atoms with Crippen LogP contribution in [0.15, 0.2) is 72.8 Å². The first kappa shape index (κ1) is 20.7. The smallest absolute Gasteiger partial charge is 0.337 e. The normalized spacial score (nSPS) is 9.80. The molecule has 1 amide bonds. The molecule has 0 atom stereocenters. The largest absolute Gasteiger partial charge is 0.465 e. The lowest BCUT2D eigenvalue weighted by Gasteiger charge is -2.11. The molecule has 0 fully saturated rings. The first-order valence-corrected chi connectivity index (χ1v) is 9.45. The first-order valence-electron chi connectivity index (χ1n) is 9.45. The second kappa shape index (κ2) is 9.94. The van der Waals surface area contributed by atoms with Gasteiger partial charge in [0.25, 0.3) is 0 Å².